The molecule has 0 spiro atoms. The minimum absolute atomic E-state index is 0.198. The molecule has 0 amide bonds. The monoisotopic (exact) mass is 408 g/mol. The third kappa shape index (κ3) is 3.52. The highest BCUT2D eigenvalue weighted by Gasteiger charge is 2.19. The van der Waals surface area contributed by atoms with Gasteiger partial charge in [0.25, 0.3) is 0 Å². The SMILES string of the molecule is CC(Nc1ncnc(N)c1N)c1cnc2c(Cl)cc(F)cc2c1-c1ccccc1. The lowest BCUT2D eigenvalue weighted by atomic mass is 9.93. The van der Waals surface area contributed by atoms with Crippen molar-refractivity contribution < 1.29 is 4.39 Å². The van der Waals surface area contributed by atoms with Gasteiger partial charge in [-0.1, -0.05) is 41.9 Å². The minimum Gasteiger partial charge on any atom is -0.393 e. The maximum absolute atomic E-state index is 14.2. The fraction of sp³-hybridized carbons (Fsp3) is 0.0952. The van der Waals surface area contributed by atoms with Gasteiger partial charge in [-0.3, -0.25) is 4.98 Å². The van der Waals surface area contributed by atoms with E-state index in [0.29, 0.717) is 16.7 Å². The number of fused-ring (bicyclic) bond motifs is 1. The molecule has 5 N–H and O–H groups in total. The first-order valence-corrected chi connectivity index (χ1v) is 9.29. The number of rotatable bonds is 4. The number of hydrogen-bond acceptors (Lipinski definition) is 6. The van der Waals surface area contributed by atoms with Crippen LogP contribution in [0.5, 0.6) is 0 Å². The molecule has 4 rings (SSSR count). The van der Waals surface area contributed by atoms with Gasteiger partial charge in [0.1, 0.15) is 17.8 Å². The highest BCUT2D eigenvalue weighted by Crippen LogP contribution is 2.38. The molecule has 8 heteroatoms. The zero-order valence-corrected chi connectivity index (χ0v) is 16.3. The van der Waals surface area contributed by atoms with Crippen LogP contribution in [-0.2, 0) is 0 Å². The van der Waals surface area contributed by atoms with E-state index < -0.39 is 5.82 Å². The molecule has 2 aromatic carbocycles. The minimum atomic E-state index is -0.424. The Morgan fingerprint density at radius 2 is 1.83 bits per heavy atom. The lowest BCUT2D eigenvalue weighted by Gasteiger charge is -2.21. The number of benzene rings is 2. The van der Waals surface area contributed by atoms with E-state index >= 15 is 0 Å². The van der Waals surface area contributed by atoms with Crippen molar-refractivity contribution >= 4 is 39.8 Å². The Balaban J connectivity index is 1.91. The third-order valence-corrected chi connectivity index (χ3v) is 5.00. The molecule has 2 aromatic heterocycles. The summed E-state index contributed by atoms with van der Waals surface area (Å²) in [5.74, 6) is 0.192. The van der Waals surface area contributed by atoms with Crippen LogP contribution in [0.25, 0.3) is 22.0 Å². The van der Waals surface area contributed by atoms with Crippen molar-refractivity contribution in [1.29, 1.82) is 0 Å². The van der Waals surface area contributed by atoms with Gasteiger partial charge in [0, 0.05) is 17.1 Å². The number of nitrogen functional groups attached to an aromatic ring is 2. The number of aromatic nitrogens is 3. The smallest absolute Gasteiger partial charge is 0.155 e. The van der Waals surface area contributed by atoms with Crippen LogP contribution < -0.4 is 16.8 Å². The number of nitrogens with two attached hydrogens (primary N) is 2. The number of nitrogens with zero attached hydrogens (tertiary/aromatic N) is 3. The van der Waals surface area contributed by atoms with Gasteiger partial charge in [-0.2, -0.15) is 0 Å². The fourth-order valence-electron chi connectivity index (χ4n) is 3.30. The van der Waals surface area contributed by atoms with E-state index in [9.17, 15) is 4.39 Å². The van der Waals surface area contributed by atoms with Gasteiger partial charge in [-0.15, -0.1) is 0 Å². The Morgan fingerprint density at radius 3 is 2.59 bits per heavy atom. The zero-order valence-electron chi connectivity index (χ0n) is 15.5. The Hall–Kier alpha value is -3.45. The van der Waals surface area contributed by atoms with Crippen molar-refractivity contribution in [2.45, 2.75) is 13.0 Å². The molecule has 6 nitrogen and oxygen atoms in total. The van der Waals surface area contributed by atoms with E-state index in [2.05, 4.69) is 20.3 Å². The number of nitrogens with one attached hydrogen (secondary N) is 1. The summed E-state index contributed by atoms with van der Waals surface area (Å²) in [6, 6.07) is 12.1. The largest absolute Gasteiger partial charge is 0.393 e. The van der Waals surface area contributed by atoms with E-state index in [1.165, 1.54) is 18.5 Å². The maximum Gasteiger partial charge on any atom is 0.155 e. The maximum atomic E-state index is 14.2. The molecule has 1 unspecified atom stereocenters. The summed E-state index contributed by atoms with van der Waals surface area (Å²) < 4.78 is 14.2. The lowest BCUT2D eigenvalue weighted by Crippen LogP contribution is -2.13. The molecule has 0 bridgehead atoms. The van der Waals surface area contributed by atoms with E-state index in [-0.39, 0.29) is 22.6 Å². The van der Waals surface area contributed by atoms with Crippen molar-refractivity contribution in [3.05, 3.63) is 71.4 Å². The molecule has 1 atom stereocenters. The van der Waals surface area contributed by atoms with Crippen molar-refractivity contribution in [1.82, 2.24) is 15.0 Å². The topological polar surface area (TPSA) is 103 Å². The van der Waals surface area contributed by atoms with Crippen molar-refractivity contribution in [3.63, 3.8) is 0 Å². The van der Waals surface area contributed by atoms with Gasteiger partial charge < -0.3 is 16.8 Å². The molecule has 0 saturated carbocycles. The molecule has 0 radical (unpaired) electrons. The third-order valence-electron chi connectivity index (χ3n) is 4.72. The van der Waals surface area contributed by atoms with Crippen LogP contribution in [0.4, 0.5) is 21.7 Å². The van der Waals surface area contributed by atoms with E-state index in [1.54, 1.807) is 6.20 Å². The highest BCUT2D eigenvalue weighted by molar-refractivity contribution is 6.35. The predicted octanol–water partition coefficient (Wildman–Crippen LogP) is 4.82. The molecule has 146 valence electrons. The Labute approximate surface area is 171 Å². The van der Waals surface area contributed by atoms with E-state index in [4.69, 9.17) is 23.1 Å². The molecule has 0 aliphatic rings. The van der Waals surface area contributed by atoms with Gasteiger partial charge in [-0.25, -0.2) is 14.4 Å². The van der Waals surface area contributed by atoms with Crippen LogP contribution in [-0.4, -0.2) is 15.0 Å². The van der Waals surface area contributed by atoms with Crippen molar-refractivity contribution in [2.24, 2.45) is 0 Å². The molecule has 2 heterocycles. The molecule has 29 heavy (non-hydrogen) atoms. The molecule has 4 aromatic rings. The van der Waals surface area contributed by atoms with E-state index in [1.807, 2.05) is 37.3 Å². The second-order valence-electron chi connectivity index (χ2n) is 6.63. The lowest BCUT2D eigenvalue weighted by molar-refractivity contribution is 0.629. The van der Waals surface area contributed by atoms with Gasteiger partial charge in [0.05, 0.1) is 16.6 Å². The quantitative estimate of drug-likeness (QED) is 0.447. The normalized spacial score (nSPS) is 12.1. The summed E-state index contributed by atoms with van der Waals surface area (Å²) in [5, 5.41) is 4.14. The molecular formula is C21H18ClFN6. The summed E-state index contributed by atoms with van der Waals surface area (Å²) in [6.45, 7) is 1.94. The Morgan fingerprint density at radius 1 is 1.07 bits per heavy atom. The van der Waals surface area contributed by atoms with Gasteiger partial charge in [-0.05, 0) is 30.2 Å². The molecule has 0 fully saturated rings. The zero-order chi connectivity index (χ0) is 20.5. The average molecular weight is 409 g/mol. The number of hydrogen-bond donors (Lipinski definition) is 3. The first kappa shape index (κ1) is 18.9. The van der Waals surface area contributed by atoms with Crippen LogP contribution >= 0.6 is 11.6 Å². The second-order valence-corrected chi connectivity index (χ2v) is 7.03. The summed E-state index contributed by atoms with van der Waals surface area (Å²) >= 11 is 6.26. The summed E-state index contributed by atoms with van der Waals surface area (Å²) in [4.78, 5) is 12.5. The molecule has 0 aliphatic heterocycles. The predicted molar refractivity (Wildman–Crippen MR) is 115 cm³/mol. The summed E-state index contributed by atoms with van der Waals surface area (Å²) in [6.07, 6.45) is 3.07. The van der Waals surface area contributed by atoms with Gasteiger partial charge >= 0.3 is 0 Å². The number of anilines is 3. The number of halogens is 2. The van der Waals surface area contributed by atoms with Crippen LogP contribution in [0.1, 0.15) is 18.5 Å². The fourth-order valence-corrected chi connectivity index (χ4v) is 3.56. The van der Waals surface area contributed by atoms with E-state index in [0.717, 1.165) is 16.7 Å². The van der Waals surface area contributed by atoms with Gasteiger partial charge in [0.15, 0.2) is 11.6 Å². The van der Waals surface area contributed by atoms with Crippen LogP contribution in [0.15, 0.2) is 55.0 Å². The number of pyridine rings is 1. The summed E-state index contributed by atoms with van der Waals surface area (Å²) in [7, 11) is 0. The van der Waals surface area contributed by atoms with Gasteiger partial charge in [0.2, 0.25) is 0 Å². The molecular weight excluding hydrogens is 391 g/mol. The van der Waals surface area contributed by atoms with Crippen LogP contribution in [0.3, 0.4) is 0 Å². The Kier molecular flexibility index (Phi) is 4.90. The van der Waals surface area contributed by atoms with Crippen LogP contribution in [0, 0.1) is 5.82 Å². The average Bonchev–Trinajstić information content (AvgIpc) is 2.71. The molecule has 0 aliphatic carbocycles. The molecule has 0 saturated heterocycles. The first-order valence-electron chi connectivity index (χ1n) is 8.91. The summed E-state index contributed by atoms with van der Waals surface area (Å²) in [5.41, 5.74) is 15.2. The van der Waals surface area contributed by atoms with Crippen LogP contribution in [0.2, 0.25) is 5.02 Å². The Bertz CT molecular complexity index is 1200. The second kappa shape index (κ2) is 7.52. The standard InChI is InChI=1S/C21H18ClFN6/c1-11(29-21-18(24)20(25)27-10-28-21)15-9-26-19-14(7-13(23)8-16(19)22)17(15)12-5-3-2-4-6-12/h2-11H,24H2,1H3,(H3,25,27,28,29). The first-order chi connectivity index (χ1) is 14.0. The van der Waals surface area contributed by atoms with Crippen molar-refractivity contribution in [3.8, 4) is 11.1 Å². The van der Waals surface area contributed by atoms with Crippen molar-refractivity contribution in [2.75, 3.05) is 16.8 Å². The highest BCUT2D eigenvalue weighted by atomic mass is 35.5.